The van der Waals surface area contributed by atoms with Crippen molar-refractivity contribution in [2.45, 2.75) is 26.3 Å². The number of amides is 1. The number of ether oxygens (including phenoxy) is 4. The molecule has 1 aliphatic rings. The van der Waals surface area contributed by atoms with E-state index in [4.69, 9.17) is 23.9 Å². The van der Waals surface area contributed by atoms with Crippen LogP contribution >= 0.6 is 0 Å². The summed E-state index contributed by atoms with van der Waals surface area (Å²) in [7, 11) is 4.83. The number of rotatable bonds is 6. The molecule has 43 heavy (non-hydrogen) atoms. The van der Waals surface area contributed by atoms with Crippen LogP contribution in [0.2, 0.25) is 0 Å². The zero-order valence-electron chi connectivity index (χ0n) is 24.7. The molecule has 2 aromatic heterocycles. The van der Waals surface area contributed by atoms with E-state index >= 15 is 0 Å². The first-order valence-corrected chi connectivity index (χ1v) is 14.0. The van der Waals surface area contributed by atoms with E-state index in [1.165, 1.54) is 0 Å². The molecule has 1 N–H and O–H groups in total. The number of benzene rings is 3. The standard InChI is InChI=1S/C33H32N4O6/c1-18-12-26(34-30-25(18)15-22(40-3)16-27(30)41-4)20-13-21-17-37(10-11-43-31(21)28(14-20)42-5)33(39)19(2)29-23-8-6-7-9-24(23)32(38)36-35-29/h6-9,12-16,19H,10-11,17H2,1-5H3,(H,36,38)/t19-/m0/s1. The van der Waals surface area contributed by atoms with E-state index in [2.05, 4.69) is 10.2 Å². The quantitative estimate of drug-likeness (QED) is 0.299. The van der Waals surface area contributed by atoms with Gasteiger partial charge in [0.15, 0.2) is 11.5 Å². The van der Waals surface area contributed by atoms with Crippen LogP contribution in [0, 0.1) is 6.92 Å². The Morgan fingerprint density at radius 3 is 2.49 bits per heavy atom. The van der Waals surface area contributed by atoms with Gasteiger partial charge in [0.1, 0.15) is 23.6 Å². The lowest BCUT2D eigenvalue weighted by Gasteiger charge is -2.24. The maximum absolute atomic E-state index is 13.9. The third-order valence-corrected chi connectivity index (χ3v) is 7.95. The lowest BCUT2D eigenvalue weighted by Crippen LogP contribution is -2.36. The molecular formula is C33H32N4O6. The normalized spacial score (nSPS) is 13.7. The fourth-order valence-corrected chi connectivity index (χ4v) is 5.68. The SMILES string of the molecule is COc1cc(OC)c2nc(-c3cc4c(c(OC)c3)OCCN(C(=O)[C@@H](C)c3n[nH]c(=O)c5ccccc35)C4)cc(C)c2c1. The van der Waals surface area contributed by atoms with Crippen molar-refractivity contribution in [3.8, 4) is 34.3 Å². The van der Waals surface area contributed by atoms with Gasteiger partial charge in [-0.25, -0.2) is 10.1 Å². The zero-order chi connectivity index (χ0) is 30.2. The summed E-state index contributed by atoms with van der Waals surface area (Å²) in [6.45, 7) is 4.81. The number of aromatic amines is 1. The molecule has 0 fully saturated rings. The predicted octanol–water partition coefficient (Wildman–Crippen LogP) is 5.00. The lowest BCUT2D eigenvalue weighted by atomic mass is 9.99. The summed E-state index contributed by atoms with van der Waals surface area (Å²) in [5.74, 6) is 1.74. The van der Waals surface area contributed by atoms with Crippen molar-refractivity contribution < 1.29 is 23.7 Å². The summed E-state index contributed by atoms with van der Waals surface area (Å²) < 4.78 is 23.0. The zero-order valence-corrected chi connectivity index (χ0v) is 24.7. The molecular weight excluding hydrogens is 548 g/mol. The number of H-pyrrole nitrogens is 1. The Morgan fingerprint density at radius 2 is 1.74 bits per heavy atom. The number of hydrogen-bond acceptors (Lipinski definition) is 8. The Kier molecular flexibility index (Phi) is 7.35. The van der Waals surface area contributed by atoms with Crippen molar-refractivity contribution in [3.05, 3.63) is 81.8 Å². The van der Waals surface area contributed by atoms with Crippen LogP contribution in [0.15, 0.2) is 59.4 Å². The Bertz CT molecular complexity index is 1940. The van der Waals surface area contributed by atoms with Crippen LogP contribution in [0.4, 0.5) is 0 Å². The van der Waals surface area contributed by atoms with Crippen LogP contribution in [-0.4, -0.2) is 60.5 Å². The summed E-state index contributed by atoms with van der Waals surface area (Å²) in [4.78, 5) is 32.9. The van der Waals surface area contributed by atoms with E-state index < -0.39 is 5.92 Å². The highest BCUT2D eigenvalue weighted by atomic mass is 16.5. The number of nitrogens with one attached hydrogen (secondary N) is 1. The van der Waals surface area contributed by atoms with Crippen molar-refractivity contribution in [2.75, 3.05) is 34.5 Å². The van der Waals surface area contributed by atoms with Gasteiger partial charge >= 0.3 is 0 Å². The first kappa shape index (κ1) is 28.0. The van der Waals surface area contributed by atoms with Crippen molar-refractivity contribution in [1.29, 1.82) is 0 Å². The number of nitrogens with zero attached hydrogens (tertiary/aromatic N) is 3. The van der Waals surface area contributed by atoms with Gasteiger partial charge in [0.05, 0.1) is 50.6 Å². The van der Waals surface area contributed by atoms with Crippen LogP contribution in [0.3, 0.4) is 0 Å². The Hall–Kier alpha value is -5.12. The Morgan fingerprint density at radius 1 is 0.977 bits per heavy atom. The van der Waals surface area contributed by atoms with Gasteiger partial charge in [-0.15, -0.1) is 0 Å². The fourth-order valence-electron chi connectivity index (χ4n) is 5.68. The molecule has 0 unspecified atom stereocenters. The molecule has 1 amide bonds. The highest BCUT2D eigenvalue weighted by molar-refractivity contribution is 5.92. The Balaban J connectivity index is 1.39. The molecule has 5 aromatic rings. The molecule has 0 radical (unpaired) electrons. The smallest absolute Gasteiger partial charge is 0.272 e. The van der Waals surface area contributed by atoms with Gasteiger partial charge in [-0.05, 0) is 49.7 Å². The summed E-state index contributed by atoms with van der Waals surface area (Å²) in [6, 6.07) is 16.8. The van der Waals surface area contributed by atoms with Gasteiger partial charge in [0.25, 0.3) is 5.56 Å². The molecule has 1 atom stereocenters. The van der Waals surface area contributed by atoms with Crippen LogP contribution in [0.5, 0.6) is 23.0 Å². The molecule has 1 aliphatic heterocycles. The maximum Gasteiger partial charge on any atom is 0.272 e. The summed E-state index contributed by atoms with van der Waals surface area (Å²) in [5.41, 5.74) is 4.31. The molecule has 0 bridgehead atoms. The molecule has 220 valence electrons. The first-order valence-electron chi connectivity index (χ1n) is 14.0. The van der Waals surface area contributed by atoms with Gasteiger partial charge in [-0.3, -0.25) is 9.59 Å². The third kappa shape index (κ3) is 4.98. The number of methoxy groups -OCH3 is 3. The Labute approximate surface area is 248 Å². The van der Waals surface area contributed by atoms with Crippen molar-refractivity contribution in [1.82, 2.24) is 20.1 Å². The minimum absolute atomic E-state index is 0.121. The molecule has 6 rings (SSSR count). The van der Waals surface area contributed by atoms with E-state index in [9.17, 15) is 9.59 Å². The average molecular weight is 581 g/mol. The number of fused-ring (bicyclic) bond motifs is 3. The van der Waals surface area contributed by atoms with Crippen molar-refractivity contribution >= 4 is 27.6 Å². The first-order chi connectivity index (χ1) is 20.8. The van der Waals surface area contributed by atoms with Gasteiger partial charge in [0, 0.05) is 34.5 Å². The summed E-state index contributed by atoms with van der Waals surface area (Å²) in [5, 5.41) is 8.90. The monoisotopic (exact) mass is 580 g/mol. The van der Waals surface area contributed by atoms with E-state index in [1.54, 1.807) is 38.4 Å². The molecule has 3 heterocycles. The van der Waals surface area contributed by atoms with Gasteiger partial charge < -0.3 is 23.8 Å². The number of carbonyl (C=O) groups excluding carboxylic acids is 1. The molecule has 10 nitrogen and oxygen atoms in total. The lowest BCUT2D eigenvalue weighted by molar-refractivity contribution is -0.133. The van der Waals surface area contributed by atoms with Crippen LogP contribution in [0.25, 0.3) is 32.9 Å². The van der Waals surface area contributed by atoms with Gasteiger partial charge in [0.2, 0.25) is 5.91 Å². The second kappa shape index (κ2) is 11.3. The van der Waals surface area contributed by atoms with Crippen molar-refractivity contribution in [2.24, 2.45) is 0 Å². The molecule has 10 heteroatoms. The number of carbonyl (C=O) groups is 1. The number of aromatic nitrogens is 3. The molecule has 0 aliphatic carbocycles. The second-order valence-electron chi connectivity index (χ2n) is 10.5. The van der Waals surface area contributed by atoms with Crippen LogP contribution in [-0.2, 0) is 11.3 Å². The van der Waals surface area contributed by atoms with Gasteiger partial charge in [-0.2, -0.15) is 5.10 Å². The highest BCUT2D eigenvalue weighted by Crippen LogP contribution is 2.40. The average Bonchev–Trinajstić information content (AvgIpc) is 3.26. The van der Waals surface area contributed by atoms with Crippen molar-refractivity contribution in [3.63, 3.8) is 0 Å². The number of pyridine rings is 1. The number of hydrogen-bond donors (Lipinski definition) is 1. The summed E-state index contributed by atoms with van der Waals surface area (Å²) >= 11 is 0. The van der Waals surface area contributed by atoms with Gasteiger partial charge in [-0.1, -0.05) is 18.2 Å². The maximum atomic E-state index is 13.9. The highest BCUT2D eigenvalue weighted by Gasteiger charge is 2.29. The minimum Gasteiger partial charge on any atom is -0.497 e. The fraction of sp³-hybridized carbons (Fsp3) is 0.273. The number of aryl methyl sites for hydroxylation is 1. The van der Waals surface area contributed by atoms with E-state index in [0.717, 1.165) is 33.3 Å². The van der Waals surface area contributed by atoms with E-state index in [1.807, 2.05) is 56.3 Å². The van der Waals surface area contributed by atoms with E-state index in [-0.39, 0.29) is 11.5 Å². The minimum atomic E-state index is -0.595. The van der Waals surface area contributed by atoms with Crippen LogP contribution in [0.1, 0.15) is 29.7 Å². The molecule has 0 spiro atoms. The van der Waals surface area contributed by atoms with E-state index in [0.29, 0.717) is 59.2 Å². The predicted molar refractivity (Wildman–Crippen MR) is 163 cm³/mol. The topological polar surface area (TPSA) is 116 Å². The third-order valence-electron chi connectivity index (χ3n) is 7.95. The summed E-state index contributed by atoms with van der Waals surface area (Å²) in [6.07, 6.45) is 0. The largest absolute Gasteiger partial charge is 0.497 e. The van der Waals surface area contributed by atoms with Crippen LogP contribution < -0.4 is 24.5 Å². The second-order valence-corrected chi connectivity index (χ2v) is 10.5. The molecule has 3 aromatic carbocycles. The molecule has 0 saturated carbocycles. The molecule has 0 saturated heterocycles.